The Morgan fingerprint density at radius 2 is 2.04 bits per heavy atom. The topological polar surface area (TPSA) is 81.9 Å². The minimum atomic E-state index is -0.0366. The number of nitriles is 1. The SMILES string of the molecule is CCNc1nnc(SCC(=O)N(CCC#N)c2cc(C)cc(C)c2)s1. The third-order valence-corrected chi connectivity index (χ3v) is 5.32. The van der Waals surface area contributed by atoms with Crippen LogP contribution in [0.2, 0.25) is 0 Å². The molecule has 0 aliphatic heterocycles. The Balaban J connectivity index is 2.08. The second-order valence-electron chi connectivity index (χ2n) is 5.49. The fourth-order valence-corrected chi connectivity index (χ4v) is 4.05. The number of aryl methyl sites for hydroxylation is 2. The van der Waals surface area contributed by atoms with E-state index in [-0.39, 0.29) is 11.7 Å². The summed E-state index contributed by atoms with van der Waals surface area (Å²) in [5.41, 5.74) is 3.03. The molecule has 6 nitrogen and oxygen atoms in total. The van der Waals surface area contributed by atoms with Crippen LogP contribution in [-0.2, 0) is 4.79 Å². The number of thioether (sulfide) groups is 1. The number of carbonyl (C=O) groups excluding carboxylic acids is 1. The van der Waals surface area contributed by atoms with E-state index in [4.69, 9.17) is 5.26 Å². The van der Waals surface area contributed by atoms with E-state index in [0.29, 0.717) is 13.0 Å². The van der Waals surface area contributed by atoms with Gasteiger partial charge in [0.1, 0.15) is 0 Å². The summed E-state index contributed by atoms with van der Waals surface area (Å²) in [7, 11) is 0. The van der Waals surface area contributed by atoms with Gasteiger partial charge in [-0.05, 0) is 44.0 Å². The fraction of sp³-hybridized carbons (Fsp3) is 0.412. The number of hydrogen-bond donors (Lipinski definition) is 1. The Kier molecular flexibility index (Phi) is 7.22. The van der Waals surface area contributed by atoms with Gasteiger partial charge in [0.05, 0.1) is 18.2 Å². The molecular weight excluding hydrogens is 354 g/mol. The molecule has 1 aromatic heterocycles. The number of nitrogens with zero attached hydrogens (tertiary/aromatic N) is 4. The number of carbonyl (C=O) groups is 1. The molecule has 1 N–H and O–H groups in total. The molecule has 1 aromatic carbocycles. The lowest BCUT2D eigenvalue weighted by Gasteiger charge is -2.22. The van der Waals surface area contributed by atoms with Crippen molar-refractivity contribution < 1.29 is 4.79 Å². The zero-order valence-corrected chi connectivity index (χ0v) is 16.2. The summed E-state index contributed by atoms with van der Waals surface area (Å²) in [6.45, 7) is 7.17. The molecule has 0 unspecified atom stereocenters. The van der Waals surface area contributed by atoms with Crippen molar-refractivity contribution in [2.24, 2.45) is 0 Å². The van der Waals surface area contributed by atoms with Gasteiger partial charge < -0.3 is 10.2 Å². The van der Waals surface area contributed by atoms with E-state index in [2.05, 4.69) is 27.6 Å². The minimum absolute atomic E-state index is 0.0366. The molecule has 0 atom stereocenters. The van der Waals surface area contributed by atoms with Crippen molar-refractivity contribution in [1.29, 1.82) is 5.26 Å². The zero-order valence-electron chi connectivity index (χ0n) is 14.6. The maximum atomic E-state index is 12.7. The van der Waals surface area contributed by atoms with Crippen LogP contribution in [0.4, 0.5) is 10.8 Å². The molecule has 0 saturated carbocycles. The number of anilines is 2. The van der Waals surface area contributed by atoms with Crippen LogP contribution in [0.1, 0.15) is 24.5 Å². The van der Waals surface area contributed by atoms with Gasteiger partial charge in [-0.3, -0.25) is 4.79 Å². The highest BCUT2D eigenvalue weighted by molar-refractivity contribution is 8.01. The number of benzene rings is 1. The van der Waals surface area contributed by atoms with E-state index >= 15 is 0 Å². The van der Waals surface area contributed by atoms with Crippen molar-refractivity contribution in [3.05, 3.63) is 29.3 Å². The highest BCUT2D eigenvalue weighted by atomic mass is 32.2. The molecule has 8 heteroatoms. The van der Waals surface area contributed by atoms with Gasteiger partial charge in [-0.2, -0.15) is 5.26 Å². The first kappa shape index (κ1) is 19.2. The third kappa shape index (κ3) is 5.73. The number of aromatic nitrogens is 2. The summed E-state index contributed by atoms with van der Waals surface area (Å²) < 4.78 is 0.755. The molecule has 2 rings (SSSR count). The van der Waals surface area contributed by atoms with E-state index < -0.39 is 0 Å². The van der Waals surface area contributed by atoms with Crippen LogP contribution in [0.15, 0.2) is 22.5 Å². The minimum Gasteiger partial charge on any atom is -0.360 e. The van der Waals surface area contributed by atoms with Crippen molar-refractivity contribution in [3.63, 3.8) is 0 Å². The van der Waals surface area contributed by atoms with Crippen LogP contribution in [0.5, 0.6) is 0 Å². The van der Waals surface area contributed by atoms with Gasteiger partial charge in [-0.1, -0.05) is 29.2 Å². The number of amides is 1. The molecule has 0 bridgehead atoms. The third-order valence-electron chi connectivity index (χ3n) is 3.32. The molecule has 1 amide bonds. The van der Waals surface area contributed by atoms with Crippen LogP contribution in [0, 0.1) is 25.2 Å². The molecule has 0 saturated heterocycles. The van der Waals surface area contributed by atoms with Crippen LogP contribution in [-0.4, -0.2) is 34.9 Å². The van der Waals surface area contributed by atoms with Gasteiger partial charge in [-0.15, -0.1) is 10.2 Å². The Morgan fingerprint density at radius 3 is 2.68 bits per heavy atom. The van der Waals surface area contributed by atoms with Gasteiger partial charge in [0.15, 0.2) is 4.34 Å². The number of hydrogen-bond acceptors (Lipinski definition) is 7. The molecule has 0 aliphatic rings. The Labute approximate surface area is 156 Å². The summed E-state index contributed by atoms with van der Waals surface area (Å²) in [5.74, 6) is 0.226. The lowest BCUT2D eigenvalue weighted by molar-refractivity contribution is -0.116. The highest BCUT2D eigenvalue weighted by Gasteiger charge is 2.17. The van der Waals surface area contributed by atoms with Crippen molar-refractivity contribution in [2.75, 3.05) is 29.1 Å². The molecule has 1 heterocycles. The predicted molar refractivity (Wildman–Crippen MR) is 103 cm³/mol. The van der Waals surface area contributed by atoms with E-state index in [1.165, 1.54) is 23.1 Å². The van der Waals surface area contributed by atoms with Gasteiger partial charge in [0, 0.05) is 18.8 Å². The van der Waals surface area contributed by atoms with Crippen LogP contribution >= 0.6 is 23.1 Å². The molecule has 0 fully saturated rings. The molecular formula is C17H21N5OS2. The fourth-order valence-electron chi connectivity index (χ4n) is 2.36. The molecule has 0 spiro atoms. The molecule has 0 aliphatic carbocycles. The maximum absolute atomic E-state index is 12.7. The molecule has 25 heavy (non-hydrogen) atoms. The summed E-state index contributed by atoms with van der Waals surface area (Å²) in [6, 6.07) is 8.12. The van der Waals surface area contributed by atoms with Crippen LogP contribution in [0.3, 0.4) is 0 Å². The van der Waals surface area contributed by atoms with Crippen molar-refractivity contribution >= 4 is 39.8 Å². The van der Waals surface area contributed by atoms with Gasteiger partial charge in [0.2, 0.25) is 11.0 Å². The smallest absolute Gasteiger partial charge is 0.237 e. The average Bonchev–Trinajstić information content (AvgIpc) is 3.00. The molecule has 2 aromatic rings. The normalized spacial score (nSPS) is 10.3. The van der Waals surface area contributed by atoms with E-state index in [0.717, 1.165) is 32.8 Å². The van der Waals surface area contributed by atoms with E-state index in [1.807, 2.05) is 32.9 Å². The predicted octanol–water partition coefficient (Wildman–Crippen LogP) is 3.63. The van der Waals surface area contributed by atoms with E-state index in [1.54, 1.807) is 4.90 Å². The van der Waals surface area contributed by atoms with Gasteiger partial charge in [-0.25, -0.2) is 0 Å². The van der Waals surface area contributed by atoms with Gasteiger partial charge in [0.25, 0.3) is 0 Å². The summed E-state index contributed by atoms with van der Waals surface area (Å²) >= 11 is 2.81. The second-order valence-corrected chi connectivity index (χ2v) is 7.69. The largest absolute Gasteiger partial charge is 0.360 e. The quantitative estimate of drug-likeness (QED) is 0.710. The Hall–Kier alpha value is -2.11. The first-order valence-corrected chi connectivity index (χ1v) is 9.79. The lowest BCUT2D eigenvalue weighted by atomic mass is 10.1. The molecule has 0 radical (unpaired) electrons. The Morgan fingerprint density at radius 1 is 1.32 bits per heavy atom. The van der Waals surface area contributed by atoms with Gasteiger partial charge >= 0.3 is 0 Å². The van der Waals surface area contributed by atoms with E-state index in [9.17, 15) is 4.79 Å². The van der Waals surface area contributed by atoms with Crippen molar-refractivity contribution in [2.45, 2.75) is 31.5 Å². The maximum Gasteiger partial charge on any atom is 0.237 e. The molecule has 132 valence electrons. The standard InChI is InChI=1S/C17H21N5OS2/c1-4-19-16-20-21-17(25-16)24-11-15(23)22(7-5-6-18)14-9-12(2)8-13(3)10-14/h8-10H,4-5,7,11H2,1-3H3,(H,19,20). The number of rotatable bonds is 8. The average molecular weight is 376 g/mol. The summed E-state index contributed by atoms with van der Waals surface area (Å²) in [6.07, 6.45) is 0.298. The summed E-state index contributed by atoms with van der Waals surface area (Å²) in [5, 5.41) is 20.9. The van der Waals surface area contributed by atoms with Crippen molar-refractivity contribution in [1.82, 2.24) is 10.2 Å². The second kappa shape index (κ2) is 9.39. The lowest BCUT2D eigenvalue weighted by Crippen LogP contribution is -2.33. The zero-order chi connectivity index (χ0) is 18.2. The van der Waals surface area contributed by atoms with Crippen LogP contribution in [0.25, 0.3) is 0 Å². The first-order chi connectivity index (χ1) is 12.0. The monoisotopic (exact) mass is 375 g/mol. The number of nitrogens with one attached hydrogen (secondary N) is 1. The first-order valence-electron chi connectivity index (χ1n) is 7.99. The summed E-state index contributed by atoms with van der Waals surface area (Å²) in [4.78, 5) is 14.4. The van der Waals surface area contributed by atoms with Crippen LogP contribution < -0.4 is 10.2 Å². The highest BCUT2D eigenvalue weighted by Crippen LogP contribution is 2.27. The Bertz CT molecular complexity index is 748. The van der Waals surface area contributed by atoms with Crippen molar-refractivity contribution in [3.8, 4) is 6.07 Å².